The van der Waals surface area contributed by atoms with Gasteiger partial charge in [-0.05, 0) is 82.9 Å². The molecule has 4 aromatic heterocycles. The van der Waals surface area contributed by atoms with Crippen molar-refractivity contribution in [3.8, 4) is 50.5 Å². The molecule has 0 spiro atoms. The van der Waals surface area contributed by atoms with Crippen LogP contribution >= 0.6 is 0 Å². The highest BCUT2D eigenvalue weighted by Gasteiger charge is 2.19. The second-order valence-corrected chi connectivity index (χ2v) is 13.6. The largest absolute Gasteiger partial charge is 0.456 e. The van der Waals surface area contributed by atoms with Crippen LogP contribution in [0.2, 0.25) is 0 Å². The number of furan rings is 1. The summed E-state index contributed by atoms with van der Waals surface area (Å²) in [5.74, 6) is 0. The van der Waals surface area contributed by atoms with Gasteiger partial charge in [-0.15, -0.1) is 0 Å². The molecule has 0 amide bonds. The Morgan fingerprint density at radius 2 is 1.11 bits per heavy atom. The van der Waals surface area contributed by atoms with Gasteiger partial charge in [-0.2, -0.15) is 0 Å². The average Bonchev–Trinajstić information content (AvgIpc) is 3.91. The zero-order valence-electron chi connectivity index (χ0n) is 28.6. The van der Waals surface area contributed by atoms with E-state index in [0.29, 0.717) is 0 Å². The number of benzene rings is 7. The van der Waals surface area contributed by atoms with E-state index < -0.39 is 0 Å². The summed E-state index contributed by atoms with van der Waals surface area (Å²) in [7, 11) is 0. The molecule has 0 N–H and O–H groups in total. The van der Waals surface area contributed by atoms with Crippen LogP contribution in [-0.4, -0.2) is 14.0 Å². The lowest BCUT2D eigenvalue weighted by atomic mass is 9.95. The Labute approximate surface area is 305 Å². The highest BCUT2D eigenvalue weighted by atomic mass is 16.3. The Morgan fingerprint density at radius 3 is 1.96 bits per heavy atom. The number of nitrogens with zero attached hydrogens (tertiary/aromatic N) is 3. The molecule has 0 unspecified atom stereocenters. The van der Waals surface area contributed by atoms with Gasteiger partial charge in [-0.3, -0.25) is 4.40 Å². The minimum atomic E-state index is 0.874. The molecule has 0 radical (unpaired) electrons. The van der Waals surface area contributed by atoms with Gasteiger partial charge in [0.15, 0.2) is 0 Å². The number of fused-ring (bicyclic) bond motifs is 7. The Balaban J connectivity index is 1.06. The minimum Gasteiger partial charge on any atom is -0.456 e. The molecule has 53 heavy (non-hydrogen) atoms. The summed E-state index contributed by atoms with van der Waals surface area (Å²) in [5.41, 5.74) is 15.0. The molecule has 0 aliphatic rings. The number of hydrogen-bond acceptors (Lipinski definition) is 2. The summed E-state index contributed by atoms with van der Waals surface area (Å²) in [6.07, 6.45) is 2.10. The molecule has 7 aromatic carbocycles. The molecule has 248 valence electrons. The van der Waals surface area contributed by atoms with Gasteiger partial charge in [-0.1, -0.05) is 121 Å². The molecule has 0 saturated carbocycles. The van der Waals surface area contributed by atoms with E-state index in [1.165, 1.54) is 21.8 Å². The van der Waals surface area contributed by atoms with Crippen LogP contribution in [0, 0.1) is 0 Å². The SMILES string of the molecule is c1ccc(-c2nc3ccccn3c2-c2cccc(-c3cccc4oc5ccc(-c6cccc(-n7c8ccccc8c8ccccc87)c6)cc5c34)c2)cc1. The number of hydrogen-bond donors (Lipinski definition) is 0. The minimum absolute atomic E-state index is 0.874. The second-order valence-electron chi connectivity index (χ2n) is 13.6. The third-order valence-electron chi connectivity index (χ3n) is 10.5. The van der Waals surface area contributed by atoms with E-state index >= 15 is 0 Å². The van der Waals surface area contributed by atoms with E-state index in [1.807, 2.05) is 12.1 Å². The number of para-hydroxylation sites is 2. The van der Waals surface area contributed by atoms with Crippen LogP contribution < -0.4 is 0 Å². The molecule has 11 rings (SSSR count). The van der Waals surface area contributed by atoms with Crippen molar-refractivity contribution < 1.29 is 4.42 Å². The topological polar surface area (TPSA) is 35.4 Å². The van der Waals surface area contributed by atoms with Gasteiger partial charge in [0.25, 0.3) is 0 Å². The predicted octanol–water partition coefficient (Wildman–Crippen LogP) is 13.0. The fraction of sp³-hybridized carbons (Fsp3) is 0. The molecule has 0 bridgehead atoms. The van der Waals surface area contributed by atoms with Crippen LogP contribution in [0.15, 0.2) is 193 Å². The van der Waals surface area contributed by atoms with E-state index in [1.54, 1.807) is 0 Å². The molecule has 4 heterocycles. The first kappa shape index (κ1) is 29.5. The van der Waals surface area contributed by atoms with E-state index in [2.05, 4.69) is 185 Å². The maximum atomic E-state index is 6.50. The van der Waals surface area contributed by atoms with Crippen molar-refractivity contribution in [3.05, 3.63) is 188 Å². The van der Waals surface area contributed by atoms with Crippen molar-refractivity contribution in [2.75, 3.05) is 0 Å². The Kier molecular flexibility index (Phi) is 6.52. The van der Waals surface area contributed by atoms with E-state index in [-0.39, 0.29) is 0 Å². The molecule has 0 aliphatic heterocycles. The van der Waals surface area contributed by atoms with Crippen LogP contribution in [0.5, 0.6) is 0 Å². The number of pyridine rings is 1. The Bertz CT molecular complexity index is 3130. The summed E-state index contributed by atoms with van der Waals surface area (Å²) in [6, 6.07) is 64.5. The zero-order chi connectivity index (χ0) is 34.9. The van der Waals surface area contributed by atoms with Crippen molar-refractivity contribution in [1.82, 2.24) is 14.0 Å². The first-order chi connectivity index (χ1) is 26.3. The quantitative estimate of drug-likeness (QED) is 0.182. The van der Waals surface area contributed by atoms with Crippen LogP contribution in [-0.2, 0) is 0 Å². The van der Waals surface area contributed by atoms with Crippen molar-refractivity contribution >= 4 is 49.4 Å². The monoisotopic (exact) mass is 677 g/mol. The normalized spacial score (nSPS) is 11.8. The molecule has 11 aromatic rings. The van der Waals surface area contributed by atoms with Crippen LogP contribution in [0.1, 0.15) is 0 Å². The van der Waals surface area contributed by atoms with Gasteiger partial charge in [0.05, 0.1) is 22.4 Å². The molecule has 0 atom stereocenters. The maximum absolute atomic E-state index is 6.50. The maximum Gasteiger partial charge on any atom is 0.137 e. The number of imidazole rings is 1. The van der Waals surface area contributed by atoms with Gasteiger partial charge in [0.2, 0.25) is 0 Å². The molecule has 0 aliphatic carbocycles. The predicted molar refractivity (Wildman–Crippen MR) is 219 cm³/mol. The first-order valence-corrected chi connectivity index (χ1v) is 18.0. The first-order valence-electron chi connectivity index (χ1n) is 18.0. The summed E-state index contributed by atoms with van der Waals surface area (Å²) >= 11 is 0. The van der Waals surface area contributed by atoms with Gasteiger partial charge in [0.1, 0.15) is 16.8 Å². The Hall–Kier alpha value is -7.17. The zero-order valence-corrected chi connectivity index (χ0v) is 28.6. The molecule has 4 nitrogen and oxygen atoms in total. The fourth-order valence-corrected chi connectivity index (χ4v) is 8.18. The van der Waals surface area contributed by atoms with Crippen LogP contribution in [0.4, 0.5) is 0 Å². The average molecular weight is 678 g/mol. The highest BCUT2D eigenvalue weighted by molar-refractivity contribution is 6.14. The smallest absolute Gasteiger partial charge is 0.137 e. The van der Waals surface area contributed by atoms with E-state index in [0.717, 1.165) is 78.0 Å². The van der Waals surface area contributed by atoms with Crippen LogP contribution in [0.25, 0.3) is 99.8 Å². The summed E-state index contributed by atoms with van der Waals surface area (Å²) in [5, 5.41) is 4.73. The highest BCUT2D eigenvalue weighted by Crippen LogP contribution is 2.41. The fourth-order valence-electron chi connectivity index (χ4n) is 8.18. The lowest BCUT2D eigenvalue weighted by Gasteiger charge is -2.11. The second kappa shape index (κ2) is 11.7. The summed E-state index contributed by atoms with van der Waals surface area (Å²) < 4.78 is 11.1. The molecular weight excluding hydrogens is 647 g/mol. The molecule has 4 heteroatoms. The van der Waals surface area contributed by atoms with E-state index in [9.17, 15) is 0 Å². The third-order valence-corrected chi connectivity index (χ3v) is 10.5. The lowest BCUT2D eigenvalue weighted by Crippen LogP contribution is -1.94. The van der Waals surface area contributed by atoms with Crippen LogP contribution in [0.3, 0.4) is 0 Å². The van der Waals surface area contributed by atoms with Crippen molar-refractivity contribution in [2.24, 2.45) is 0 Å². The summed E-state index contributed by atoms with van der Waals surface area (Å²) in [4.78, 5) is 5.08. The third kappa shape index (κ3) is 4.66. The molecular formula is C49H31N3O. The van der Waals surface area contributed by atoms with Crippen molar-refractivity contribution in [2.45, 2.75) is 0 Å². The standard InChI is InChI=1S/C49H31N3O/c1-2-13-32(14-3-1)48-49(51-28-9-8-25-46(51)50-48)36-17-10-16-35(29-36)38-21-12-24-45-47(38)41-31-34(26-27-44(41)53-45)33-15-11-18-37(30-33)52-42-22-6-4-19-39(42)40-20-5-7-23-43(40)52/h1-31H. The number of rotatable bonds is 5. The van der Waals surface area contributed by atoms with Gasteiger partial charge in [0, 0.05) is 44.6 Å². The van der Waals surface area contributed by atoms with Gasteiger partial charge >= 0.3 is 0 Å². The summed E-state index contributed by atoms with van der Waals surface area (Å²) in [6.45, 7) is 0. The lowest BCUT2D eigenvalue weighted by molar-refractivity contribution is 0.669. The van der Waals surface area contributed by atoms with Gasteiger partial charge in [-0.25, -0.2) is 4.98 Å². The molecule has 0 fully saturated rings. The van der Waals surface area contributed by atoms with E-state index in [4.69, 9.17) is 9.40 Å². The van der Waals surface area contributed by atoms with Gasteiger partial charge < -0.3 is 8.98 Å². The Morgan fingerprint density at radius 1 is 0.434 bits per heavy atom. The molecule has 0 saturated heterocycles. The van der Waals surface area contributed by atoms with Crippen molar-refractivity contribution in [1.29, 1.82) is 0 Å². The number of aromatic nitrogens is 3. The van der Waals surface area contributed by atoms with Crippen molar-refractivity contribution in [3.63, 3.8) is 0 Å².